The predicted molar refractivity (Wildman–Crippen MR) is 125 cm³/mol. The number of rotatable bonds is 4. The Bertz CT molecular complexity index is 971. The van der Waals surface area contributed by atoms with E-state index < -0.39 is 0 Å². The molecule has 0 spiro atoms. The highest BCUT2D eigenvalue weighted by Crippen LogP contribution is 2.44. The van der Waals surface area contributed by atoms with Crippen LogP contribution >= 0.6 is 23.5 Å². The zero-order chi connectivity index (χ0) is 20.5. The smallest absolute Gasteiger partial charge is 0.238 e. The second kappa shape index (κ2) is 8.20. The fourth-order valence-electron chi connectivity index (χ4n) is 3.91. The molecule has 2 fully saturated rings. The lowest BCUT2D eigenvalue weighted by molar-refractivity contribution is -0.116. The first kappa shape index (κ1) is 19.3. The fraction of sp³-hybridized carbons (Fsp3) is 0.167. The number of hydrogen-bond donors (Lipinski definition) is 0. The van der Waals surface area contributed by atoms with Gasteiger partial charge in [0.05, 0.1) is 11.5 Å². The molecule has 2 amide bonds. The van der Waals surface area contributed by atoms with Gasteiger partial charge in [-0.3, -0.25) is 19.4 Å². The Morgan fingerprint density at radius 1 is 0.567 bits per heavy atom. The van der Waals surface area contributed by atoms with Gasteiger partial charge in [0.15, 0.2) is 0 Å². The maximum atomic E-state index is 12.6. The molecule has 5 rings (SSSR count). The summed E-state index contributed by atoms with van der Waals surface area (Å²) in [5.74, 6) is 1.16. The number of anilines is 2. The van der Waals surface area contributed by atoms with Crippen LogP contribution in [0.2, 0.25) is 0 Å². The van der Waals surface area contributed by atoms with E-state index in [1.165, 1.54) is 0 Å². The molecule has 2 heterocycles. The maximum Gasteiger partial charge on any atom is 0.238 e. The van der Waals surface area contributed by atoms with Crippen molar-refractivity contribution >= 4 is 46.7 Å². The molecule has 2 saturated heterocycles. The minimum absolute atomic E-state index is 0.0226. The minimum Gasteiger partial charge on any atom is -0.295 e. The summed E-state index contributed by atoms with van der Waals surface area (Å²) in [7, 11) is 0. The third-order valence-electron chi connectivity index (χ3n) is 5.31. The zero-order valence-corrected chi connectivity index (χ0v) is 17.8. The number of benzene rings is 3. The molecule has 0 radical (unpaired) electrons. The lowest BCUT2D eigenvalue weighted by atomic mass is 10.1. The summed E-state index contributed by atoms with van der Waals surface area (Å²) in [4.78, 5) is 29.0. The average Bonchev–Trinajstić information content (AvgIpc) is 3.38. The van der Waals surface area contributed by atoms with E-state index in [0.717, 1.165) is 22.5 Å². The summed E-state index contributed by atoms with van der Waals surface area (Å²) < 4.78 is 0. The summed E-state index contributed by atoms with van der Waals surface area (Å²) in [5, 5.41) is -0.0452. The molecule has 2 atom stereocenters. The van der Waals surface area contributed by atoms with Crippen LogP contribution in [0.1, 0.15) is 21.9 Å². The molecular weight excluding hydrogens is 412 g/mol. The van der Waals surface area contributed by atoms with Gasteiger partial charge in [-0.2, -0.15) is 0 Å². The number of amides is 2. The number of thioether (sulfide) groups is 2. The van der Waals surface area contributed by atoms with Crippen molar-refractivity contribution in [3.8, 4) is 0 Å². The summed E-state index contributed by atoms with van der Waals surface area (Å²) in [5.41, 5.74) is 3.96. The Balaban J connectivity index is 1.44. The van der Waals surface area contributed by atoms with Crippen LogP contribution in [0.5, 0.6) is 0 Å². The van der Waals surface area contributed by atoms with Gasteiger partial charge in [-0.15, -0.1) is 23.5 Å². The summed E-state index contributed by atoms with van der Waals surface area (Å²) in [6, 6.07) is 28.0. The van der Waals surface area contributed by atoms with E-state index in [2.05, 4.69) is 24.3 Å². The molecule has 2 aliphatic rings. The highest BCUT2D eigenvalue weighted by Gasteiger charge is 2.36. The van der Waals surface area contributed by atoms with E-state index in [1.807, 2.05) is 70.5 Å². The van der Waals surface area contributed by atoms with Crippen molar-refractivity contribution in [2.75, 3.05) is 21.3 Å². The van der Waals surface area contributed by atoms with Crippen molar-refractivity contribution in [3.05, 3.63) is 96.1 Å². The van der Waals surface area contributed by atoms with Gasteiger partial charge in [-0.25, -0.2) is 0 Å². The van der Waals surface area contributed by atoms with Gasteiger partial charge in [-0.05, 0) is 35.4 Å². The molecule has 150 valence electrons. The summed E-state index contributed by atoms with van der Waals surface area (Å²) in [6.45, 7) is 0. The van der Waals surface area contributed by atoms with Crippen LogP contribution in [0.4, 0.5) is 11.4 Å². The summed E-state index contributed by atoms with van der Waals surface area (Å²) >= 11 is 3.29. The van der Waals surface area contributed by atoms with Crippen molar-refractivity contribution in [2.45, 2.75) is 10.7 Å². The van der Waals surface area contributed by atoms with Crippen LogP contribution in [0, 0.1) is 0 Å². The van der Waals surface area contributed by atoms with Crippen LogP contribution in [0.25, 0.3) is 0 Å². The molecule has 2 unspecified atom stereocenters. The fourth-order valence-corrected chi connectivity index (χ4v) is 6.26. The molecule has 0 N–H and O–H groups in total. The zero-order valence-electron chi connectivity index (χ0n) is 16.2. The Morgan fingerprint density at radius 2 is 0.933 bits per heavy atom. The van der Waals surface area contributed by atoms with Crippen molar-refractivity contribution in [3.63, 3.8) is 0 Å². The van der Waals surface area contributed by atoms with E-state index >= 15 is 0 Å². The van der Waals surface area contributed by atoms with E-state index in [-0.39, 0.29) is 22.6 Å². The van der Waals surface area contributed by atoms with Crippen molar-refractivity contribution in [1.29, 1.82) is 0 Å². The highest BCUT2D eigenvalue weighted by atomic mass is 32.2. The molecule has 3 aromatic carbocycles. The Labute approximate surface area is 184 Å². The van der Waals surface area contributed by atoms with E-state index in [4.69, 9.17) is 0 Å². The van der Waals surface area contributed by atoms with Crippen LogP contribution < -0.4 is 9.80 Å². The van der Waals surface area contributed by atoms with Crippen LogP contribution in [0.3, 0.4) is 0 Å². The molecule has 6 heteroatoms. The van der Waals surface area contributed by atoms with Crippen LogP contribution in [-0.2, 0) is 9.59 Å². The second-order valence-corrected chi connectivity index (χ2v) is 9.33. The van der Waals surface area contributed by atoms with Gasteiger partial charge in [0, 0.05) is 11.4 Å². The van der Waals surface area contributed by atoms with Gasteiger partial charge in [0.2, 0.25) is 11.8 Å². The number of carbonyl (C=O) groups is 2. The molecule has 0 aromatic heterocycles. The first-order valence-corrected chi connectivity index (χ1v) is 11.9. The number of nitrogens with zero attached hydrogens (tertiary/aromatic N) is 2. The topological polar surface area (TPSA) is 40.6 Å². The third kappa shape index (κ3) is 3.50. The van der Waals surface area contributed by atoms with E-state index in [1.54, 1.807) is 23.5 Å². The lowest BCUT2D eigenvalue weighted by Crippen LogP contribution is -2.29. The lowest BCUT2D eigenvalue weighted by Gasteiger charge is -2.27. The van der Waals surface area contributed by atoms with Crippen LogP contribution in [-0.4, -0.2) is 23.3 Å². The summed E-state index contributed by atoms with van der Waals surface area (Å²) in [6.07, 6.45) is 0. The quantitative estimate of drug-likeness (QED) is 0.565. The molecule has 4 nitrogen and oxygen atoms in total. The molecule has 2 aliphatic heterocycles. The number of hydrogen-bond acceptors (Lipinski definition) is 4. The standard InChI is InChI=1S/C24H20N2O2S2/c27-21-15-29-23(17-7-3-1-4-8-17)25(21)19-11-13-20(14-12-19)26-22(28)16-30-24(26)18-9-5-2-6-10-18/h1-14,23-24H,15-16H2. The monoisotopic (exact) mass is 432 g/mol. The van der Waals surface area contributed by atoms with Crippen LogP contribution in [0.15, 0.2) is 84.9 Å². The Kier molecular flexibility index (Phi) is 5.27. The van der Waals surface area contributed by atoms with E-state index in [9.17, 15) is 9.59 Å². The molecular formula is C24H20N2O2S2. The largest absolute Gasteiger partial charge is 0.295 e. The van der Waals surface area contributed by atoms with Gasteiger partial charge < -0.3 is 0 Å². The maximum absolute atomic E-state index is 12.6. The number of carbonyl (C=O) groups excluding carboxylic acids is 2. The first-order chi connectivity index (χ1) is 14.7. The minimum atomic E-state index is -0.0226. The molecule has 0 aliphatic carbocycles. The van der Waals surface area contributed by atoms with E-state index in [0.29, 0.717) is 11.5 Å². The van der Waals surface area contributed by atoms with Gasteiger partial charge in [0.25, 0.3) is 0 Å². The van der Waals surface area contributed by atoms with Crippen molar-refractivity contribution in [1.82, 2.24) is 0 Å². The molecule has 30 heavy (non-hydrogen) atoms. The van der Waals surface area contributed by atoms with Crippen molar-refractivity contribution in [2.24, 2.45) is 0 Å². The predicted octanol–water partition coefficient (Wildman–Crippen LogP) is 5.24. The third-order valence-corrected chi connectivity index (χ3v) is 7.74. The Hall–Kier alpha value is -2.70. The SMILES string of the molecule is O=C1CSC(c2ccccc2)N1c1ccc(N2C(=O)CSC2c2ccccc2)cc1. The normalized spacial score (nSPS) is 21.5. The van der Waals surface area contributed by atoms with Crippen molar-refractivity contribution < 1.29 is 9.59 Å². The second-order valence-electron chi connectivity index (χ2n) is 7.19. The highest BCUT2D eigenvalue weighted by molar-refractivity contribution is 8.01. The molecule has 0 saturated carbocycles. The average molecular weight is 433 g/mol. The Morgan fingerprint density at radius 3 is 1.30 bits per heavy atom. The molecule has 3 aromatic rings. The van der Waals surface area contributed by atoms with Gasteiger partial charge >= 0.3 is 0 Å². The molecule has 0 bridgehead atoms. The van der Waals surface area contributed by atoms with Gasteiger partial charge in [0.1, 0.15) is 10.7 Å². The van der Waals surface area contributed by atoms with Gasteiger partial charge in [-0.1, -0.05) is 60.7 Å². The first-order valence-electron chi connectivity index (χ1n) is 9.80.